The highest BCUT2D eigenvalue weighted by Gasteiger charge is 2.12. The van der Waals surface area contributed by atoms with Crippen molar-refractivity contribution in [1.82, 2.24) is 9.97 Å². The number of carboxylic acid groups (broad SMARTS) is 1. The minimum Gasteiger partial charge on any atom is -0.750 e. The molecule has 1 aromatic rings. The van der Waals surface area contributed by atoms with Gasteiger partial charge in [0.05, 0.1) is 22.6 Å². The Morgan fingerprint density at radius 3 is 2.93 bits per heavy atom. The third kappa shape index (κ3) is 3.51. The molecule has 0 saturated carbocycles. The molecule has 1 aromatic heterocycles. The van der Waals surface area contributed by atoms with Gasteiger partial charge in [0.15, 0.2) is 11.5 Å². The summed E-state index contributed by atoms with van der Waals surface area (Å²) < 4.78 is 24.2. The Bertz CT molecular complexity index is 413. The molecule has 1 unspecified atom stereocenters. The summed E-state index contributed by atoms with van der Waals surface area (Å²) >= 11 is 2.79. The molecule has 9 heteroatoms. The molecule has 7 nitrogen and oxygen atoms in total. The number of hydrogen-bond acceptors (Lipinski definition) is 6. The first-order valence-corrected chi connectivity index (χ1v) is 4.85. The number of carboxylic acids is 1. The van der Waals surface area contributed by atoms with E-state index in [4.69, 9.17) is 16.7 Å². The van der Waals surface area contributed by atoms with E-state index in [1.54, 1.807) is 0 Å². The Kier molecular flexibility index (Phi) is 4.09. The van der Waals surface area contributed by atoms with Crippen LogP contribution < -0.4 is 0 Å². The molecule has 0 radical (unpaired) electrons. The van der Waals surface area contributed by atoms with Crippen molar-refractivity contribution in [3.8, 4) is 0 Å². The summed E-state index contributed by atoms with van der Waals surface area (Å²) in [6.07, 6.45) is 1.06. The topological polar surface area (TPSA) is 112 Å². The molecule has 82 valence electrons. The predicted molar refractivity (Wildman–Crippen MR) is 47.7 cm³/mol. The van der Waals surface area contributed by atoms with E-state index in [9.17, 15) is 13.6 Å². The molecule has 0 aliphatic rings. The molecule has 15 heavy (non-hydrogen) atoms. The molecule has 1 heterocycles. The van der Waals surface area contributed by atoms with Crippen molar-refractivity contribution in [3.63, 3.8) is 0 Å². The first-order chi connectivity index (χ1) is 7.00. The van der Waals surface area contributed by atoms with E-state index in [0.717, 1.165) is 6.20 Å². The highest BCUT2D eigenvalue weighted by molar-refractivity contribution is 7.74. The summed E-state index contributed by atoms with van der Waals surface area (Å²) in [5, 5.41) is 8.50. The van der Waals surface area contributed by atoms with Gasteiger partial charge in [-0.3, -0.25) is 4.18 Å². The van der Waals surface area contributed by atoms with Gasteiger partial charge < -0.3 is 9.66 Å². The van der Waals surface area contributed by atoms with Crippen molar-refractivity contribution >= 4 is 28.9 Å². The van der Waals surface area contributed by atoms with Gasteiger partial charge in [-0.25, -0.2) is 19.0 Å². The minimum atomic E-state index is -2.70. The first kappa shape index (κ1) is 12.0. The van der Waals surface area contributed by atoms with Gasteiger partial charge in [-0.2, -0.15) is 0 Å². The molecule has 0 spiro atoms. The lowest BCUT2D eigenvalue weighted by Gasteiger charge is -2.05. The Hall–Kier alpha value is -1.09. The van der Waals surface area contributed by atoms with E-state index in [2.05, 4.69) is 14.2 Å². The van der Waals surface area contributed by atoms with Crippen molar-refractivity contribution in [1.29, 1.82) is 0 Å². The highest BCUT2D eigenvalue weighted by Crippen LogP contribution is 2.12. The molecule has 1 rings (SSSR count). The van der Waals surface area contributed by atoms with Crippen LogP contribution in [0.1, 0.15) is 16.3 Å². The summed E-state index contributed by atoms with van der Waals surface area (Å²) in [6.45, 7) is -0.437. The fraction of sp³-hybridized carbons (Fsp3) is 0.167. The van der Waals surface area contributed by atoms with Gasteiger partial charge >= 0.3 is 5.97 Å². The zero-order valence-electron chi connectivity index (χ0n) is 7.05. The summed E-state index contributed by atoms with van der Waals surface area (Å²) in [4.78, 5) is 17.7. The number of aromatic carboxylic acids is 1. The molecular formula is C6H4ClN2O5S-. The van der Waals surface area contributed by atoms with Crippen LogP contribution in [0.4, 0.5) is 0 Å². The lowest BCUT2D eigenvalue weighted by atomic mass is 10.4. The Labute approximate surface area is 91.6 Å². The molecule has 0 aliphatic heterocycles. The van der Waals surface area contributed by atoms with Crippen molar-refractivity contribution in [3.05, 3.63) is 22.7 Å². The average molecular weight is 252 g/mol. The van der Waals surface area contributed by atoms with E-state index < -0.39 is 29.6 Å². The summed E-state index contributed by atoms with van der Waals surface area (Å²) in [6, 6.07) is 0. The number of rotatable bonds is 4. The van der Waals surface area contributed by atoms with Crippen LogP contribution in [-0.2, 0) is 22.2 Å². The van der Waals surface area contributed by atoms with Gasteiger partial charge in [-0.1, -0.05) is 11.6 Å². The normalized spacial score (nSPS) is 12.4. The molecule has 1 atom stereocenters. The number of halogens is 1. The number of nitrogens with zero attached hydrogens (tertiary/aromatic N) is 2. The maximum atomic E-state index is 10.6. The van der Waals surface area contributed by atoms with Crippen LogP contribution in [0.2, 0.25) is 5.02 Å². The molecule has 0 saturated heterocycles. The molecule has 0 aromatic carbocycles. The average Bonchev–Trinajstić information content (AvgIpc) is 2.16. The molecular weight excluding hydrogens is 248 g/mol. The third-order valence-electron chi connectivity index (χ3n) is 1.28. The molecule has 0 bridgehead atoms. The molecule has 0 fully saturated rings. The van der Waals surface area contributed by atoms with Crippen LogP contribution >= 0.6 is 11.6 Å². The second-order valence-corrected chi connectivity index (χ2v) is 3.31. The van der Waals surface area contributed by atoms with Gasteiger partial charge in [0.1, 0.15) is 6.61 Å². The smallest absolute Gasteiger partial charge is 0.356 e. The van der Waals surface area contributed by atoms with E-state index >= 15 is 0 Å². The molecule has 0 aliphatic carbocycles. The zero-order chi connectivity index (χ0) is 11.4. The van der Waals surface area contributed by atoms with E-state index in [-0.39, 0.29) is 10.8 Å². The van der Waals surface area contributed by atoms with Crippen molar-refractivity contribution < 1.29 is 22.8 Å². The number of aromatic nitrogens is 2. The lowest BCUT2D eigenvalue weighted by molar-refractivity contribution is 0.0690. The van der Waals surface area contributed by atoms with Gasteiger partial charge in [0.2, 0.25) is 0 Å². The summed E-state index contributed by atoms with van der Waals surface area (Å²) in [5.74, 6) is -1.41. The quantitative estimate of drug-likeness (QED) is 0.757. The SMILES string of the molecule is O=C(O)c1nc(COS(=O)[O-])ncc1Cl. The Morgan fingerprint density at radius 1 is 1.73 bits per heavy atom. The van der Waals surface area contributed by atoms with Gasteiger partial charge in [0, 0.05) is 0 Å². The maximum Gasteiger partial charge on any atom is 0.356 e. The largest absolute Gasteiger partial charge is 0.750 e. The van der Waals surface area contributed by atoms with Crippen LogP contribution in [0.5, 0.6) is 0 Å². The maximum absolute atomic E-state index is 10.6. The monoisotopic (exact) mass is 251 g/mol. The third-order valence-corrected chi connectivity index (χ3v) is 1.87. The summed E-state index contributed by atoms with van der Waals surface area (Å²) in [5.41, 5.74) is -0.401. The van der Waals surface area contributed by atoms with Crippen LogP contribution in [0.3, 0.4) is 0 Å². The highest BCUT2D eigenvalue weighted by atomic mass is 35.5. The molecule has 0 amide bonds. The fourth-order valence-corrected chi connectivity index (χ4v) is 1.10. The van der Waals surface area contributed by atoms with E-state index in [1.807, 2.05) is 0 Å². The van der Waals surface area contributed by atoms with Gasteiger partial charge in [0.25, 0.3) is 0 Å². The number of carbonyl (C=O) groups is 1. The number of hydrogen-bond donors (Lipinski definition) is 1. The van der Waals surface area contributed by atoms with Crippen molar-refractivity contribution in [2.45, 2.75) is 6.61 Å². The standard InChI is InChI=1S/C6H5ClN2O5S/c7-3-1-8-4(2-14-15(12)13)9-5(3)6(10)11/h1H,2H2,(H,10,11)(H,12,13)/p-1. The van der Waals surface area contributed by atoms with Crippen LogP contribution in [0.15, 0.2) is 6.20 Å². The first-order valence-electron chi connectivity index (χ1n) is 3.48. The minimum absolute atomic E-state index is 0.0824. The Morgan fingerprint density at radius 2 is 2.40 bits per heavy atom. The van der Waals surface area contributed by atoms with Crippen molar-refractivity contribution in [2.75, 3.05) is 0 Å². The van der Waals surface area contributed by atoms with Crippen LogP contribution in [-0.4, -0.2) is 29.8 Å². The molecule has 1 N–H and O–H groups in total. The van der Waals surface area contributed by atoms with Crippen LogP contribution in [0.25, 0.3) is 0 Å². The lowest BCUT2D eigenvalue weighted by Crippen LogP contribution is -2.08. The zero-order valence-corrected chi connectivity index (χ0v) is 8.62. The van der Waals surface area contributed by atoms with E-state index in [1.165, 1.54) is 0 Å². The van der Waals surface area contributed by atoms with Gasteiger partial charge in [-0.05, 0) is 0 Å². The van der Waals surface area contributed by atoms with Crippen molar-refractivity contribution in [2.24, 2.45) is 0 Å². The predicted octanol–water partition coefficient (Wildman–Crippen LogP) is 0.139. The van der Waals surface area contributed by atoms with E-state index in [0.29, 0.717) is 0 Å². The Balaban J connectivity index is 2.87. The fourth-order valence-electron chi connectivity index (χ4n) is 0.724. The second kappa shape index (κ2) is 5.12. The van der Waals surface area contributed by atoms with Crippen LogP contribution in [0, 0.1) is 0 Å². The summed E-state index contributed by atoms with van der Waals surface area (Å²) in [7, 11) is 0. The second-order valence-electron chi connectivity index (χ2n) is 2.25. The van der Waals surface area contributed by atoms with Gasteiger partial charge in [-0.15, -0.1) is 0 Å².